The molecule has 0 aromatic heterocycles. The van der Waals surface area contributed by atoms with Crippen LogP contribution in [-0.2, 0) is 9.59 Å². The van der Waals surface area contributed by atoms with Crippen molar-refractivity contribution in [3.8, 4) is 0 Å². The molecule has 1 atom stereocenters. The molecule has 4 nitrogen and oxygen atoms in total. The molecule has 1 amide bonds. The fraction of sp³-hybridized carbons (Fsp3) is 0.714. The first kappa shape index (κ1) is 11.4. The number of aliphatic carboxylic acids is 1. The number of halogens is 1. The zero-order valence-electron chi connectivity index (χ0n) is 7.00. The summed E-state index contributed by atoms with van der Waals surface area (Å²) in [7, 11) is 0. The summed E-state index contributed by atoms with van der Waals surface area (Å²) in [5.74, 6) is -1.17. The maximum absolute atomic E-state index is 11.1. The van der Waals surface area contributed by atoms with Gasteiger partial charge in [0.05, 0.1) is 4.83 Å². The van der Waals surface area contributed by atoms with Crippen LogP contribution in [0.3, 0.4) is 0 Å². The van der Waals surface area contributed by atoms with Crippen molar-refractivity contribution in [3.05, 3.63) is 0 Å². The molecule has 0 bridgehead atoms. The minimum atomic E-state index is -1.04. The first-order chi connectivity index (χ1) is 5.45. The van der Waals surface area contributed by atoms with E-state index in [9.17, 15) is 9.59 Å². The van der Waals surface area contributed by atoms with Gasteiger partial charge in [0.2, 0.25) is 5.91 Å². The zero-order valence-corrected chi connectivity index (χ0v) is 8.59. The largest absolute Gasteiger partial charge is 0.480 e. The highest BCUT2D eigenvalue weighted by atomic mass is 79.9. The van der Waals surface area contributed by atoms with Crippen molar-refractivity contribution in [2.45, 2.75) is 18.7 Å². The highest BCUT2D eigenvalue weighted by molar-refractivity contribution is 9.10. The lowest BCUT2D eigenvalue weighted by Crippen LogP contribution is -2.37. The Hall–Kier alpha value is -0.580. The van der Waals surface area contributed by atoms with Gasteiger partial charge < -0.3 is 10.4 Å². The number of amides is 1. The number of carbonyl (C=O) groups is 2. The Morgan fingerprint density at radius 2 is 2.00 bits per heavy atom. The molecule has 0 aromatic rings. The maximum atomic E-state index is 11.1. The van der Waals surface area contributed by atoms with Crippen LogP contribution in [0.15, 0.2) is 0 Å². The highest BCUT2D eigenvalue weighted by Gasteiger charge is 2.18. The molecule has 0 aliphatic rings. The van der Waals surface area contributed by atoms with E-state index >= 15 is 0 Å². The second-order valence-corrected chi connectivity index (χ2v) is 3.74. The Bertz CT molecular complexity index is 181. The van der Waals surface area contributed by atoms with Gasteiger partial charge in [-0.1, -0.05) is 29.8 Å². The van der Waals surface area contributed by atoms with Gasteiger partial charge >= 0.3 is 5.97 Å². The van der Waals surface area contributed by atoms with E-state index < -0.39 is 5.97 Å². The quantitative estimate of drug-likeness (QED) is 0.705. The maximum Gasteiger partial charge on any atom is 0.322 e. The lowest BCUT2D eigenvalue weighted by Gasteiger charge is -2.12. The van der Waals surface area contributed by atoms with Crippen LogP contribution in [0.4, 0.5) is 0 Å². The molecule has 0 fully saturated rings. The highest BCUT2D eigenvalue weighted by Crippen LogP contribution is 2.11. The molecule has 0 saturated carbocycles. The molecule has 5 heteroatoms. The van der Waals surface area contributed by atoms with Gasteiger partial charge in [-0.05, 0) is 5.92 Å². The molecule has 0 aliphatic carbocycles. The Morgan fingerprint density at radius 3 is 2.33 bits per heavy atom. The van der Waals surface area contributed by atoms with Crippen molar-refractivity contribution >= 4 is 27.8 Å². The molecule has 0 heterocycles. The number of hydrogen-bond donors (Lipinski definition) is 2. The molecule has 0 saturated heterocycles. The Balaban J connectivity index is 3.80. The first-order valence-electron chi connectivity index (χ1n) is 3.58. The lowest BCUT2D eigenvalue weighted by atomic mass is 10.1. The van der Waals surface area contributed by atoms with Gasteiger partial charge in [-0.3, -0.25) is 9.59 Å². The number of alkyl halides is 1. The van der Waals surface area contributed by atoms with E-state index in [1.165, 1.54) is 0 Å². The van der Waals surface area contributed by atoms with Crippen molar-refractivity contribution in [3.63, 3.8) is 0 Å². The number of hydrogen-bond acceptors (Lipinski definition) is 2. The van der Waals surface area contributed by atoms with E-state index in [1.807, 2.05) is 13.8 Å². The van der Waals surface area contributed by atoms with Crippen LogP contribution in [0.1, 0.15) is 13.8 Å². The summed E-state index contributed by atoms with van der Waals surface area (Å²) in [4.78, 5) is 20.8. The normalized spacial score (nSPS) is 12.7. The van der Waals surface area contributed by atoms with Gasteiger partial charge in [0.25, 0.3) is 0 Å². The van der Waals surface area contributed by atoms with Crippen LogP contribution in [0.5, 0.6) is 0 Å². The summed E-state index contributed by atoms with van der Waals surface area (Å²) in [6, 6.07) is 0. The van der Waals surface area contributed by atoms with E-state index in [1.54, 1.807) is 0 Å². The molecule has 0 spiro atoms. The molecule has 0 unspecified atom stereocenters. The standard InChI is InChI=1S/C7H12BrNO3/c1-4(2)6(8)7(12)9-3-5(10)11/h4,6H,3H2,1-2H3,(H,9,12)(H,10,11)/t6-/m1/s1. The number of nitrogens with one attached hydrogen (secondary N) is 1. The van der Waals surface area contributed by atoms with Gasteiger partial charge in [0.15, 0.2) is 0 Å². The molecular formula is C7H12BrNO3. The summed E-state index contributed by atoms with van der Waals surface area (Å²) >= 11 is 3.15. The molecule has 70 valence electrons. The second kappa shape index (κ2) is 5.13. The van der Waals surface area contributed by atoms with Crippen LogP contribution >= 0.6 is 15.9 Å². The Morgan fingerprint density at radius 1 is 1.50 bits per heavy atom. The summed E-state index contributed by atoms with van der Waals surface area (Å²) in [6.07, 6.45) is 0. The Kier molecular flexibility index (Phi) is 4.89. The van der Waals surface area contributed by atoms with Crippen LogP contribution in [0.25, 0.3) is 0 Å². The van der Waals surface area contributed by atoms with Crippen molar-refractivity contribution in [2.75, 3.05) is 6.54 Å². The van der Waals surface area contributed by atoms with Gasteiger partial charge in [-0.15, -0.1) is 0 Å². The summed E-state index contributed by atoms with van der Waals surface area (Å²) in [5, 5.41) is 10.5. The van der Waals surface area contributed by atoms with Crippen LogP contribution in [-0.4, -0.2) is 28.4 Å². The number of carboxylic acids is 1. The predicted octanol–water partition coefficient (Wildman–Crippen LogP) is 0.607. The zero-order chi connectivity index (χ0) is 9.72. The first-order valence-corrected chi connectivity index (χ1v) is 4.50. The minimum absolute atomic E-state index is 0.152. The van der Waals surface area contributed by atoms with Crippen LogP contribution < -0.4 is 5.32 Å². The van der Waals surface area contributed by atoms with Crippen molar-refractivity contribution < 1.29 is 14.7 Å². The summed E-state index contributed by atoms with van der Waals surface area (Å²) < 4.78 is 0. The lowest BCUT2D eigenvalue weighted by molar-refractivity contribution is -0.137. The number of carboxylic acid groups (broad SMARTS) is 1. The molecular weight excluding hydrogens is 226 g/mol. The third-order valence-corrected chi connectivity index (χ3v) is 2.72. The van der Waals surface area contributed by atoms with Gasteiger partial charge in [0, 0.05) is 0 Å². The minimum Gasteiger partial charge on any atom is -0.480 e. The predicted molar refractivity (Wildman–Crippen MR) is 48.2 cm³/mol. The van der Waals surface area contributed by atoms with E-state index in [0.29, 0.717) is 0 Å². The van der Waals surface area contributed by atoms with Gasteiger partial charge in [-0.2, -0.15) is 0 Å². The number of carbonyl (C=O) groups excluding carboxylic acids is 1. The van der Waals surface area contributed by atoms with Crippen molar-refractivity contribution in [1.29, 1.82) is 0 Å². The van der Waals surface area contributed by atoms with Crippen LogP contribution in [0, 0.1) is 5.92 Å². The third kappa shape index (κ3) is 4.33. The average molecular weight is 238 g/mol. The van der Waals surface area contributed by atoms with E-state index in [-0.39, 0.29) is 23.2 Å². The smallest absolute Gasteiger partial charge is 0.322 e. The monoisotopic (exact) mass is 237 g/mol. The van der Waals surface area contributed by atoms with Gasteiger partial charge in [0.1, 0.15) is 6.54 Å². The molecule has 0 rings (SSSR count). The fourth-order valence-corrected chi connectivity index (χ4v) is 0.725. The van der Waals surface area contributed by atoms with Crippen molar-refractivity contribution in [2.24, 2.45) is 5.92 Å². The molecule has 0 radical (unpaired) electrons. The topological polar surface area (TPSA) is 66.4 Å². The van der Waals surface area contributed by atoms with E-state index in [0.717, 1.165) is 0 Å². The Labute approximate surface area is 79.5 Å². The molecule has 0 aliphatic heterocycles. The SMILES string of the molecule is CC(C)[C@@H](Br)C(=O)NCC(=O)O. The van der Waals surface area contributed by atoms with Crippen molar-refractivity contribution in [1.82, 2.24) is 5.32 Å². The average Bonchev–Trinajstić information content (AvgIpc) is 1.98. The van der Waals surface area contributed by atoms with Crippen LogP contribution in [0.2, 0.25) is 0 Å². The summed E-state index contributed by atoms with van der Waals surface area (Å²) in [6.45, 7) is 3.42. The fourth-order valence-electron chi connectivity index (χ4n) is 0.563. The summed E-state index contributed by atoms with van der Waals surface area (Å²) in [5.41, 5.74) is 0. The molecule has 2 N–H and O–H groups in total. The molecule has 0 aromatic carbocycles. The third-order valence-electron chi connectivity index (χ3n) is 1.25. The number of rotatable bonds is 4. The van der Waals surface area contributed by atoms with Gasteiger partial charge in [-0.25, -0.2) is 0 Å². The molecule has 12 heavy (non-hydrogen) atoms. The second-order valence-electron chi connectivity index (χ2n) is 2.76. The van der Waals surface area contributed by atoms with E-state index in [2.05, 4.69) is 21.2 Å². The van der Waals surface area contributed by atoms with E-state index in [4.69, 9.17) is 5.11 Å².